The molecule has 0 saturated heterocycles. The molecule has 0 fully saturated rings. The molecule has 4 rings (SSSR count). The van der Waals surface area contributed by atoms with Crippen molar-refractivity contribution in [2.75, 3.05) is 5.32 Å². The van der Waals surface area contributed by atoms with E-state index in [2.05, 4.69) is 20.3 Å². The highest BCUT2D eigenvalue weighted by Gasteiger charge is 2.30. The molecule has 0 unspecified atom stereocenters. The average molecular weight is 374 g/mol. The topological polar surface area (TPSA) is 53.6 Å². The van der Waals surface area contributed by atoms with Crippen LogP contribution in [0.4, 0.5) is 19.1 Å². The molecule has 2 aromatic carbocycles. The van der Waals surface area contributed by atoms with Crippen LogP contribution >= 0.6 is 11.3 Å². The molecule has 0 aliphatic heterocycles. The third kappa shape index (κ3) is 3.41. The van der Waals surface area contributed by atoms with Crippen molar-refractivity contribution in [3.05, 3.63) is 65.2 Å². The third-order valence-electron chi connectivity index (χ3n) is 3.88. The number of fused-ring (bicyclic) bond motifs is 1. The van der Waals surface area contributed by atoms with Crippen LogP contribution in [0.2, 0.25) is 0 Å². The van der Waals surface area contributed by atoms with Crippen molar-refractivity contribution < 1.29 is 13.2 Å². The number of hydrogen-bond acceptors (Lipinski definition) is 4. The summed E-state index contributed by atoms with van der Waals surface area (Å²) < 4.78 is 38.3. The number of anilines is 1. The number of nitrogens with one attached hydrogen (secondary N) is 2. The lowest BCUT2D eigenvalue weighted by atomic mass is 10.1. The Morgan fingerprint density at radius 2 is 2.00 bits per heavy atom. The third-order valence-corrected chi connectivity index (χ3v) is 4.70. The molecule has 4 nitrogen and oxygen atoms in total. The summed E-state index contributed by atoms with van der Waals surface area (Å²) >= 11 is 1.55. The summed E-state index contributed by atoms with van der Waals surface area (Å²) in [6.07, 6.45) is -2.60. The molecule has 132 valence electrons. The van der Waals surface area contributed by atoms with Crippen LogP contribution < -0.4 is 5.32 Å². The van der Waals surface area contributed by atoms with E-state index in [9.17, 15) is 13.2 Å². The molecule has 26 heavy (non-hydrogen) atoms. The number of rotatable bonds is 4. The van der Waals surface area contributed by atoms with Gasteiger partial charge in [-0.25, -0.2) is 9.97 Å². The van der Waals surface area contributed by atoms with E-state index in [-0.39, 0.29) is 6.54 Å². The van der Waals surface area contributed by atoms with Gasteiger partial charge in [0.2, 0.25) is 5.95 Å². The smallest absolute Gasteiger partial charge is 0.352 e. The predicted octanol–water partition coefficient (Wildman–Crippen LogP) is 5.32. The highest BCUT2D eigenvalue weighted by Crippen LogP contribution is 2.30. The zero-order valence-corrected chi connectivity index (χ0v) is 14.2. The van der Waals surface area contributed by atoms with E-state index in [1.54, 1.807) is 23.6 Å². The van der Waals surface area contributed by atoms with Gasteiger partial charge in [-0.1, -0.05) is 12.1 Å². The number of H-pyrrole nitrogens is 1. The fourth-order valence-electron chi connectivity index (χ4n) is 2.64. The van der Waals surface area contributed by atoms with E-state index in [1.807, 2.05) is 23.6 Å². The van der Waals surface area contributed by atoms with Crippen molar-refractivity contribution in [3.63, 3.8) is 0 Å². The standard InChI is InChI=1S/C18H13F3N4S/c19-18(20,21)13-3-1-2-11(8-13)10-23-17-24-14-5-4-12(9-15(14)25-17)16-22-6-7-26-16/h1-9H,10H2,(H2,23,24,25). The molecule has 0 aliphatic carbocycles. The maximum atomic E-state index is 12.8. The lowest BCUT2D eigenvalue weighted by Crippen LogP contribution is -2.07. The van der Waals surface area contributed by atoms with Gasteiger partial charge in [0, 0.05) is 23.7 Å². The highest BCUT2D eigenvalue weighted by molar-refractivity contribution is 7.13. The van der Waals surface area contributed by atoms with Gasteiger partial charge in [-0.3, -0.25) is 0 Å². The van der Waals surface area contributed by atoms with Crippen LogP contribution in [-0.4, -0.2) is 15.0 Å². The first-order chi connectivity index (χ1) is 12.5. The fraction of sp³-hybridized carbons (Fsp3) is 0.111. The van der Waals surface area contributed by atoms with Crippen LogP contribution in [0.3, 0.4) is 0 Å². The number of nitrogens with zero attached hydrogens (tertiary/aromatic N) is 2. The molecule has 0 radical (unpaired) electrons. The Morgan fingerprint density at radius 3 is 2.77 bits per heavy atom. The minimum atomic E-state index is -4.35. The van der Waals surface area contributed by atoms with Crippen molar-refractivity contribution >= 4 is 28.3 Å². The second-order valence-electron chi connectivity index (χ2n) is 5.71. The first-order valence-electron chi connectivity index (χ1n) is 7.79. The molecule has 2 N–H and O–H groups in total. The molecule has 0 atom stereocenters. The maximum Gasteiger partial charge on any atom is 0.416 e. The predicted molar refractivity (Wildman–Crippen MR) is 96.0 cm³/mol. The molecule has 0 spiro atoms. The zero-order chi connectivity index (χ0) is 18.1. The Balaban J connectivity index is 1.53. The van der Waals surface area contributed by atoms with Crippen LogP contribution in [-0.2, 0) is 12.7 Å². The van der Waals surface area contributed by atoms with Crippen LogP contribution in [0.1, 0.15) is 11.1 Å². The first kappa shape index (κ1) is 16.6. The van der Waals surface area contributed by atoms with Crippen molar-refractivity contribution in [3.8, 4) is 10.6 Å². The second kappa shape index (κ2) is 6.45. The maximum absolute atomic E-state index is 12.8. The summed E-state index contributed by atoms with van der Waals surface area (Å²) in [5, 5.41) is 5.86. The summed E-state index contributed by atoms with van der Waals surface area (Å²) in [6.45, 7) is 0.239. The Kier molecular flexibility index (Phi) is 4.12. The number of hydrogen-bond donors (Lipinski definition) is 2. The number of aromatic amines is 1. The van der Waals surface area contributed by atoms with Crippen LogP contribution in [0.15, 0.2) is 54.0 Å². The van der Waals surface area contributed by atoms with E-state index in [4.69, 9.17) is 0 Å². The van der Waals surface area contributed by atoms with Gasteiger partial charge in [-0.05, 0) is 35.9 Å². The quantitative estimate of drug-likeness (QED) is 0.508. The number of thiazole rings is 1. The van der Waals surface area contributed by atoms with E-state index >= 15 is 0 Å². The normalized spacial score (nSPS) is 11.8. The number of imidazole rings is 1. The van der Waals surface area contributed by atoms with Crippen LogP contribution in [0.5, 0.6) is 0 Å². The van der Waals surface area contributed by atoms with Crippen molar-refractivity contribution in [1.29, 1.82) is 0 Å². The van der Waals surface area contributed by atoms with Gasteiger partial charge in [0.1, 0.15) is 5.01 Å². The van der Waals surface area contributed by atoms with Gasteiger partial charge in [-0.2, -0.15) is 13.2 Å². The van der Waals surface area contributed by atoms with Crippen LogP contribution in [0.25, 0.3) is 21.6 Å². The number of aromatic nitrogens is 3. The van der Waals surface area contributed by atoms with Gasteiger partial charge >= 0.3 is 6.18 Å². The van der Waals surface area contributed by atoms with Crippen molar-refractivity contribution in [2.45, 2.75) is 12.7 Å². The largest absolute Gasteiger partial charge is 0.416 e. The summed E-state index contributed by atoms with van der Waals surface area (Å²) in [6, 6.07) is 11.0. The van der Waals surface area contributed by atoms with Gasteiger partial charge in [-0.15, -0.1) is 11.3 Å². The molecule has 0 saturated carbocycles. The molecular formula is C18H13F3N4S. The SMILES string of the molecule is FC(F)(F)c1cccc(CNc2nc3ccc(-c4nccs4)cc3[nH]2)c1. The molecular weight excluding hydrogens is 361 g/mol. The molecule has 4 aromatic rings. The molecule has 2 aromatic heterocycles. The number of benzene rings is 2. The number of halogens is 3. The first-order valence-corrected chi connectivity index (χ1v) is 8.67. The summed E-state index contributed by atoms with van der Waals surface area (Å²) in [5.74, 6) is 0.508. The molecule has 0 bridgehead atoms. The van der Waals surface area contributed by atoms with Gasteiger partial charge in [0.15, 0.2) is 0 Å². The highest BCUT2D eigenvalue weighted by atomic mass is 32.1. The molecule has 0 amide bonds. The minimum absolute atomic E-state index is 0.239. The molecule has 8 heteroatoms. The molecule has 0 aliphatic rings. The fourth-order valence-corrected chi connectivity index (χ4v) is 3.27. The number of alkyl halides is 3. The van der Waals surface area contributed by atoms with E-state index < -0.39 is 11.7 Å². The van der Waals surface area contributed by atoms with Gasteiger partial charge in [0.25, 0.3) is 0 Å². The van der Waals surface area contributed by atoms with Crippen molar-refractivity contribution in [2.24, 2.45) is 0 Å². The van der Waals surface area contributed by atoms with Crippen LogP contribution in [0, 0.1) is 0 Å². The van der Waals surface area contributed by atoms with Gasteiger partial charge in [0.05, 0.1) is 16.6 Å². The Bertz CT molecular complexity index is 1040. The van der Waals surface area contributed by atoms with Gasteiger partial charge < -0.3 is 10.3 Å². The summed E-state index contributed by atoms with van der Waals surface area (Å²) in [5.41, 5.74) is 2.47. The Labute approximate surface area is 150 Å². The minimum Gasteiger partial charge on any atom is -0.352 e. The van der Waals surface area contributed by atoms with Crippen molar-refractivity contribution in [1.82, 2.24) is 15.0 Å². The zero-order valence-electron chi connectivity index (χ0n) is 13.3. The van der Waals surface area contributed by atoms with E-state index in [0.29, 0.717) is 11.5 Å². The second-order valence-corrected chi connectivity index (χ2v) is 6.60. The summed E-state index contributed by atoms with van der Waals surface area (Å²) in [7, 11) is 0. The summed E-state index contributed by atoms with van der Waals surface area (Å²) in [4.78, 5) is 11.8. The van der Waals surface area contributed by atoms with E-state index in [0.717, 1.165) is 33.7 Å². The lowest BCUT2D eigenvalue weighted by molar-refractivity contribution is -0.137. The lowest BCUT2D eigenvalue weighted by Gasteiger charge is -2.09. The molecule has 2 heterocycles. The Hall–Kier alpha value is -2.87. The Morgan fingerprint density at radius 1 is 1.12 bits per heavy atom. The monoisotopic (exact) mass is 374 g/mol. The van der Waals surface area contributed by atoms with E-state index in [1.165, 1.54) is 6.07 Å². The average Bonchev–Trinajstić information content (AvgIpc) is 3.28.